The second-order valence-electron chi connectivity index (χ2n) is 2.94. The second kappa shape index (κ2) is 3.22. The van der Waals surface area contributed by atoms with Crippen LogP contribution in [0.3, 0.4) is 0 Å². The van der Waals surface area contributed by atoms with E-state index in [1.807, 2.05) is 0 Å². The van der Waals surface area contributed by atoms with Crippen molar-refractivity contribution in [2.24, 2.45) is 0 Å². The van der Waals surface area contributed by atoms with Crippen LogP contribution in [-0.4, -0.2) is 36.4 Å². The Kier molecular flexibility index (Phi) is 2.05. The minimum atomic E-state index is -0.0315. The van der Waals surface area contributed by atoms with Crippen molar-refractivity contribution in [1.82, 2.24) is 19.6 Å². The van der Waals surface area contributed by atoms with E-state index >= 15 is 0 Å². The molecule has 0 atom stereocenters. The Morgan fingerprint density at radius 2 is 2.29 bits per heavy atom. The van der Waals surface area contributed by atoms with Crippen molar-refractivity contribution in [3.05, 3.63) is 17.6 Å². The third kappa shape index (κ3) is 1.20. The molecule has 0 aliphatic carbocycles. The average molecular weight is 194 g/mol. The molecule has 0 amide bonds. The zero-order valence-electron chi connectivity index (χ0n) is 7.67. The maximum atomic E-state index is 9.76. The van der Waals surface area contributed by atoms with Crippen molar-refractivity contribution >= 4 is 5.78 Å². The molecular weight excluding hydrogens is 184 g/mol. The predicted octanol–water partition coefficient (Wildman–Crippen LogP) is -0.327. The van der Waals surface area contributed by atoms with Gasteiger partial charge in [-0.1, -0.05) is 0 Å². The Labute approximate surface area is 79.9 Å². The fourth-order valence-electron chi connectivity index (χ4n) is 1.37. The summed E-state index contributed by atoms with van der Waals surface area (Å²) in [6, 6.07) is 0. The van der Waals surface area contributed by atoms with Gasteiger partial charge in [-0.05, 0) is 6.92 Å². The van der Waals surface area contributed by atoms with E-state index < -0.39 is 0 Å². The second-order valence-corrected chi connectivity index (χ2v) is 2.94. The first kappa shape index (κ1) is 8.89. The molecule has 6 nitrogen and oxygen atoms in total. The van der Waals surface area contributed by atoms with E-state index in [1.54, 1.807) is 6.92 Å². The van der Waals surface area contributed by atoms with Crippen LogP contribution in [0.5, 0.6) is 5.88 Å². The minimum Gasteiger partial charge on any atom is -0.493 e. The highest BCUT2D eigenvalue weighted by Gasteiger charge is 2.12. The summed E-state index contributed by atoms with van der Waals surface area (Å²) in [5.74, 6) is 0.362. The largest absolute Gasteiger partial charge is 0.493 e. The molecule has 0 aliphatic rings. The van der Waals surface area contributed by atoms with Crippen molar-refractivity contribution in [2.45, 2.75) is 13.3 Å². The molecular formula is C8H10N4O2. The van der Waals surface area contributed by atoms with Crippen LogP contribution in [0.25, 0.3) is 5.78 Å². The van der Waals surface area contributed by atoms with Crippen molar-refractivity contribution < 1.29 is 10.2 Å². The number of hydrogen-bond acceptors (Lipinski definition) is 5. The number of rotatable bonds is 2. The number of aromatic hydroxyl groups is 1. The molecule has 2 aromatic heterocycles. The Hall–Kier alpha value is -1.69. The van der Waals surface area contributed by atoms with Crippen LogP contribution in [0.4, 0.5) is 0 Å². The summed E-state index contributed by atoms with van der Waals surface area (Å²) in [5.41, 5.74) is 1.27. The highest BCUT2D eigenvalue weighted by molar-refractivity contribution is 5.39. The summed E-state index contributed by atoms with van der Waals surface area (Å²) in [6.45, 7) is 1.73. The molecule has 0 bridgehead atoms. The quantitative estimate of drug-likeness (QED) is 0.684. The van der Waals surface area contributed by atoms with Crippen LogP contribution in [0.1, 0.15) is 11.3 Å². The normalized spacial score (nSPS) is 11.0. The van der Waals surface area contributed by atoms with E-state index in [1.165, 1.54) is 10.8 Å². The van der Waals surface area contributed by atoms with Gasteiger partial charge in [-0.2, -0.15) is 14.6 Å². The van der Waals surface area contributed by atoms with E-state index in [9.17, 15) is 5.11 Å². The smallest absolute Gasteiger partial charge is 0.255 e. The summed E-state index contributed by atoms with van der Waals surface area (Å²) >= 11 is 0. The van der Waals surface area contributed by atoms with Crippen LogP contribution >= 0.6 is 0 Å². The standard InChI is InChI=1S/C8H10N4O2/c1-5-6(2-3-13)7(14)12-8(11-5)9-4-10-12/h4,13-14H,2-3H2,1H3. The lowest BCUT2D eigenvalue weighted by atomic mass is 10.2. The van der Waals surface area contributed by atoms with E-state index in [4.69, 9.17) is 5.11 Å². The molecule has 0 saturated carbocycles. The van der Waals surface area contributed by atoms with Crippen LogP contribution < -0.4 is 0 Å². The number of hydrogen-bond donors (Lipinski definition) is 2. The first-order valence-corrected chi connectivity index (χ1v) is 4.23. The van der Waals surface area contributed by atoms with Crippen molar-refractivity contribution in [2.75, 3.05) is 6.61 Å². The number of aliphatic hydroxyl groups excluding tert-OH is 1. The van der Waals surface area contributed by atoms with Gasteiger partial charge in [0.25, 0.3) is 5.78 Å². The molecule has 0 unspecified atom stereocenters. The Bertz CT molecular complexity index is 466. The molecule has 2 aromatic rings. The van der Waals surface area contributed by atoms with Gasteiger partial charge in [0.2, 0.25) is 5.88 Å². The third-order valence-electron chi connectivity index (χ3n) is 2.07. The Balaban J connectivity index is 2.69. The van der Waals surface area contributed by atoms with Crippen LogP contribution in [0.2, 0.25) is 0 Å². The number of nitrogens with zero attached hydrogens (tertiary/aromatic N) is 4. The van der Waals surface area contributed by atoms with E-state index in [0.717, 1.165) is 0 Å². The maximum Gasteiger partial charge on any atom is 0.255 e. The van der Waals surface area contributed by atoms with Gasteiger partial charge in [-0.3, -0.25) is 0 Å². The average Bonchev–Trinajstić information content (AvgIpc) is 2.60. The number of aliphatic hydroxyl groups is 1. The summed E-state index contributed by atoms with van der Waals surface area (Å²) in [5, 5.41) is 22.4. The van der Waals surface area contributed by atoms with Gasteiger partial charge in [-0.25, -0.2) is 4.98 Å². The molecule has 2 rings (SSSR count). The Morgan fingerprint density at radius 3 is 3.00 bits per heavy atom. The van der Waals surface area contributed by atoms with Gasteiger partial charge in [0.05, 0.1) is 5.69 Å². The highest BCUT2D eigenvalue weighted by atomic mass is 16.3. The molecule has 74 valence electrons. The lowest BCUT2D eigenvalue weighted by molar-refractivity contribution is 0.295. The van der Waals surface area contributed by atoms with Gasteiger partial charge < -0.3 is 10.2 Å². The number of fused-ring (bicyclic) bond motifs is 1. The molecule has 0 aromatic carbocycles. The lowest BCUT2D eigenvalue weighted by Gasteiger charge is -2.06. The zero-order chi connectivity index (χ0) is 10.1. The van der Waals surface area contributed by atoms with E-state index in [0.29, 0.717) is 23.5 Å². The molecule has 14 heavy (non-hydrogen) atoms. The van der Waals surface area contributed by atoms with Crippen molar-refractivity contribution in [3.63, 3.8) is 0 Å². The minimum absolute atomic E-state index is 0.000880. The molecule has 0 spiro atoms. The molecule has 2 N–H and O–H groups in total. The third-order valence-corrected chi connectivity index (χ3v) is 2.07. The van der Waals surface area contributed by atoms with Gasteiger partial charge in [0, 0.05) is 18.6 Å². The van der Waals surface area contributed by atoms with Gasteiger partial charge in [-0.15, -0.1) is 0 Å². The number of aryl methyl sites for hydroxylation is 1. The lowest BCUT2D eigenvalue weighted by Crippen LogP contribution is -2.03. The summed E-state index contributed by atoms with van der Waals surface area (Å²) in [7, 11) is 0. The first-order chi connectivity index (χ1) is 6.74. The topological polar surface area (TPSA) is 83.5 Å². The Morgan fingerprint density at radius 1 is 1.50 bits per heavy atom. The predicted molar refractivity (Wildman–Crippen MR) is 48.0 cm³/mol. The molecule has 2 heterocycles. The first-order valence-electron chi connectivity index (χ1n) is 4.23. The van der Waals surface area contributed by atoms with Crippen molar-refractivity contribution in [3.8, 4) is 5.88 Å². The highest BCUT2D eigenvalue weighted by Crippen LogP contribution is 2.19. The van der Waals surface area contributed by atoms with Crippen LogP contribution in [0.15, 0.2) is 6.33 Å². The maximum absolute atomic E-state index is 9.76. The summed E-state index contributed by atoms with van der Waals surface area (Å²) in [6.07, 6.45) is 1.69. The molecule has 0 fully saturated rings. The SMILES string of the molecule is Cc1nc2ncnn2c(O)c1CCO. The summed E-state index contributed by atoms with van der Waals surface area (Å²) < 4.78 is 1.25. The monoisotopic (exact) mass is 194 g/mol. The van der Waals surface area contributed by atoms with Gasteiger partial charge in [0.1, 0.15) is 6.33 Å². The van der Waals surface area contributed by atoms with Gasteiger partial charge >= 0.3 is 0 Å². The molecule has 0 radical (unpaired) electrons. The fourth-order valence-corrected chi connectivity index (χ4v) is 1.37. The van der Waals surface area contributed by atoms with Crippen LogP contribution in [-0.2, 0) is 6.42 Å². The van der Waals surface area contributed by atoms with Gasteiger partial charge in [0.15, 0.2) is 0 Å². The number of aromatic nitrogens is 4. The molecule has 6 heteroatoms. The van der Waals surface area contributed by atoms with E-state index in [2.05, 4.69) is 15.1 Å². The molecule has 0 aliphatic heterocycles. The van der Waals surface area contributed by atoms with Crippen molar-refractivity contribution in [1.29, 1.82) is 0 Å². The molecule has 0 saturated heterocycles. The van der Waals surface area contributed by atoms with E-state index in [-0.39, 0.29) is 12.5 Å². The summed E-state index contributed by atoms with van der Waals surface area (Å²) in [4.78, 5) is 7.99. The zero-order valence-corrected chi connectivity index (χ0v) is 7.67. The fraction of sp³-hybridized carbons (Fsp3) is 0.375. The van der Waals surface area contributed by atoms with Crippen LogP contribution in [0, 0.1) is 6.92 Å².